The highest BCUT2D eigenvalue weighted by molar-refractivity contribution is 7.91. The quantitative estimate of drug-likeness (QED) is 0.875. The zero-order valence-corrected chi connectivity index (χ0v) is 11.6. The molecule has 2 unspecified atom stereocenters. The Kier molecular flexibility index (Phi) is 3.65. The predicted molar refractivity (Wildman–Crippen MR) is 68.8 cm³/mol. The van der Waals surface area contributed by atoms with Crippen molar-refractivity contribution in [2.75, 3.05) is 11.5 Å². The zero-order valence-electron chi connectivity index (χ0n) is 10.8. The molecule has 2 rings (SSSR count). The van der Waals surface area contributed by atoms with Gasteiger partial charge in [0.05, 0.1) is 23.8 Å². The molecule has 2 heterocycles. The molecule has 0 bridgehead atoms. The number of rotatable bonds is 4. The molecule has 7 heteroatoms. The van der Waals surface area contributed by atoms with Gasteiger partial charge in [-0.1, -0.05) is 6.92 Å². The van der Waals surface area contributed by atoms with Crippen LogP contribution >= 0.6 is 0 Å². The molecule has 0 aromatic carbocycles. The molecule has 104 valence electrons. The van der Waals surface area contributed by atoms with Crippen molar-refractivity contribution in [1.82, 2.24) is 9.78 Å². The molecular formula is C12H17N3O3S. The number of nitriles is 1. The molecule has 1 fully saturated rings. The van der Waals surface area contributed by atoms with Crippen LogP contribution in [0.5, 0.6) is 0 Å². The van der Waals surface area contributed by atoms with Crippen LogP contribution in [-0.4, -0.2) is 34.8 Å². The maximum atomic E-state index is 11.6. The van der Waals surface area contributed by atoms with Gasteiger partial charge in [0.2, 0.25) is 0 Å². The van der Waals surface area contributed by atoms with E-state index >= 15 is 0 Å². The van der Waals surface area contributed by atoms with Crippen molar-refractivity contribution in [3.8, 4) is 6.07 Å². The van der Waals surface area contributed by atoms with Gasteiger partial charge < -0.3 is 5.11 Å². The molecule has 19 heavy (non-hydrogen) atoms. The van der Waals surface area contributed by atoms with Crippen molar-refractivity contribution < 1.29 is 13.5 Å². The van der Waals surface area contributed by atoms with Crippen molar-refractivity contribution >= 4 is 9.84 Å². The van der Waals surface area contributed by atoms with Gasteiger partial charge >= 0.3 is 0 Å². The zero-order chi connectivity index (χ0) is 14.1. The minimum absolute atomic E-state index is 0.0410. The number of sulfone groups is 1. The number of aliphatic hydroxyl groups excluding tert-OH is 1. The lowest BCUT2D eigenvalue weighted by Gasteiger charge is -2.24. The fraction of sp³-hybridized carbons (Fsp3) is 0.667. The Morgan fingerprint density at radius 2 is 2.42 bits per heavy atom. The van der Waals surface area contributed by atoms with Crippen LogP contribution in [0.3, 0.4) is 0 Å². The Morgan fingerprint density at radius 3 is 2.95 bits per heavy atom. The summed E-state index contributed by atoms with van der Waals surface area (Å²) >= 11 is 0. The van der Waals surface area contributed by atoms with Crippen molar-refractivity contribution in [3.05, 3.63) is 18.0 Å². The summed E-state index contributed by atoms with van der Waals surface area (Å²) in [5.74, 6) is -0.322. The number of hydrogen-bond acceptors (Lipinski definition) is 5. The van der Waals surface area contributed by atoms with Crippen LogP contribution in [0.15, 0.2) is 12.4 Å². The highest BCUT2D eigenvalue weighted by Crippen LogP contribution is 2.42. The Morgan fingerprint density at radius 1 is 1.68 bits per heavy atom. The minimum Gasteiger partial charge on any atom is -0.387 e. The Bertz CT molecular complexity index is 602. The first kappa shape index (κ1) is 14.0. The molecule has 1 aromatic rings. The minimum atomic E-state index is -3.23. The second-order valence-corrected chi connectivity index (χ2v) is 7.23. The van der Waals surface area contributed by atoms with Crippen LogP contribution in [0.1, 0.15) is 31.4 Å². The van der Waals surface area contributed by atoms with Crippen LogP contribution in [0.25, 0.3) is 0 Å². The molecule has 6 nitrogen and oxygen atoms in total. The van der Waals surface area contributed by atoms with E-state index < -0.39 is 21.4 Å². The molecule has 1 aromatic heterocycles. The van der Waals surface area contributed by atoms with E-state index in [0.717, 1.165) is 13.0 Å². The van der Waals surface area contributed by atoms with E-state index in [-0.39, 0.29) is 17.9 Å². The summed E-state index contributed by atoms with van der Waals surface area (Å²) in [5.41, 5.74) is -0.731. The van der Waals surface area contributed by atoms with Crippen LogP contribution in [0.2, 0.25) is 0 Å². The van der Waals surface area contributed by atoms with Gasteiger partial charge in [0.1, 0.15) is 11.5 Å². The summed E-state index contributed by atoms with van der Waals surface area (Å²) < 4.78 is 24.8. The molecule has 0 spiro atoms. The second kappa shape index (κ2) is 4.94. The molecule has 1 aliphatic rings. The van der Waals surface area contributed by atoms with Gasteiger partial charge in [-0.15, -0.1) is 0 Å². The fourth-order valence-corrected chi connectivity index (χ4v) is 4.40. The van der Waals surface area contributed by atoms with E-state index in [2.05, 4.69) is 5.10 Å². The third kappa shape index (κ3) is 2.65. The van der Waals surface area contributed by atoms with E-state index in [9.17, 15) is 18.8 Å². The van der Waals surface area contributed by atoms with Gasteiger partial charge in [-0.05, 0) is 12.8 Å². The van der Waals surface area contributed by atoms with Crippen molar-refractivity contribution in [3.63, 3.8) is 0 Å². The lowest BCUT2D eigenvalue weighted by Crippen LogP contribution is -2.28. The van der Waals surface area contributed by atoms with Crippen LogP contribution in [0.4, 0.5) is 0 Å². The number of nitrogens with zero attached hydrogens (tertiary/aromatic N) is 3. The van der Waals surface area contributed by atoms with E-state index in [1.54, 1.807) is 10.9 Å². The van der Waals surface area contributed by atoms with Gasteiger partial charge in [0.25, 0.3) is 0 Å². The van der Waals surface area contributed by atoms with Crippen LogP contribution in [-0.2, 0) is 16.4 Å². The van der Waals surface area contributed by atoms with E-state index in [4.69, 9.17) is 0 Å². The third-order valence-electron chi connectivity index (χ3n) is 3.50. The molecule has 1 N–H and O–H groups in total. The first-order chi connectivity index (χ1) is 8.92. The summed E-state index contributed by atoms with van der Waals surface area (Å²) in [7, 11) is -3.23. The van der Waals surface area contributed by atoms with Crippen molar-refractivity contribution in [2.45, 2.75) is 32.4 Å². The Balaban J connectivity index is 2.26. The van der Waals surface area contributed by atoms with Crippen molar-refractivity contribution in [1.29, 1.82) is 5.26 Å². The highest BCUT2D eigenvalue weighted by atomic mass is 32.2. The summed E-state index contributed by atoms with van der Waals surface area (Å²) in [5, 5.41) is 23.7. The highest BCUT2D eigenvalue weighted by Gasteiger charge is 2.48. The largest absolute Gasteiger partial charge is 0.387 e. The second-order valence-electron chi connectivity index (χ2n) is 5.05. The third-order valence-corrected chi connectivity index (χ3v) is 5.29. The van der Waals surface area contributed by atoms with Crippen molar-refractivity contribution in [2.24, 2.45) is 5.41 Å². The number of aromatic nitrogens is 2. The van der Waals surface area contributed by atoms with Crippen LogP contribution in [0, 0.1) is 16.7 Å². The summed E-state index contributed by atoms with van der Waals surface area (Å²) in [6.45, 7) is 2.74. The molecular weight excluding hydrogens is 266 g/mol. The monoisotopic (exact) mass is 283 g/mol. The average molecular weight is 283 g/mol. The lowest BCUT2D eigenvalue weighted by atomic mass is 9.81. The summed E-state index contributed by atoms with van der Waals surface area (Å²) in [4.78, 5) is 0. The average Bonchev–Trinajstić information content (AvgIpc) is 2.94. The molecule has 0 radical (unpaired) electrons. The SMILES string of the molecule is CCCn1cc(C(O)C2(C#N)CCS(=O)(=O)C2)cn1. The maximum absolute atomic E-state index is 11.6. The molecule has 0 aliphatic carbocycles. The molecule has 2 atom stereocenters. The molecule has 0 saturated carbocycles. The molecule has 1 saturated heterocycles. The summed E-state index contributed by atoms with van der Waals surface area (Å²) in [6, 6.07) is 2.01. The maximum Gasteiger partial charge on any atom is 0.152 e. The van der Waals surface area contributed by atoms with E-state index in [1.807, 2.05) is 13.0 Å². The Labute approximate surface area is 112 Å². The van der Waals surface area contributed by atoms with Gasteiger partial charge in [-0.2, -0.15) is 10.4 Å². The van der Waals surface area contributed by atoms with Gasteiger partial charge in [-0.3, -0.25) is 4.68 Å². The first-order valence-corrected chi connectivity index (χ1v) is 8.07. The molecule has 1 aliphatic heterocycles. The first-order valence-electron chi connectivity index (χ1n) is 6.24. The topological polar surface area (TPSA) is 96.0 Å². The predicted octanol–water partition coefficient (Wildman–Crippen LogP) is 0.655. The lowest BCUT2D eigenvalue weighted by molar-refractivity contribution is 0.0792. The Hall–Kier alpha value is -1.39. The smallest absolute Gasteiger partial charge is 0.152 e. The summed E-state index contributed by atoms with van der Waals surface area (Å²) in [6.07, 6.45) is 3.16. The van der Waals surface area contributed by atoms with Crippen LogP contribution < -0.4 is 0 Å². The molecule has 0 amide bonds. The normalized spacial score (nSPS) is 27.0. The van der Waals surface area contributed by atoms with E-state index in [1.165, 1.54) is 6.20 Å². The fourth-order valence-electron chi connectivity index (χ4n) is 2.43. The van der Waals surface area contributed by atoms with Gasteiger partial charge in [0, 0.05) is 18.3 Å². The van der Waals surface area contributed by atoms with E-state index in [0.29, 0.717) is 5.56 Å². The van der Waals surface area contributed by atoms with Gasteiger partial charge in [0.15, 0.2) is 9.84 Å². The number of aryl methyl sites for hydroxylation is 1. The van der Waals surface area contributed by atoms with Gasteiger partial charge in [-0.25, -0.2) is 8.42 Å². The number of hydrogen-bond donors (Lipinski definition) is 1. The number of aliphatic hydroxyl groups is 1. The standard InChI is InChI=1S/C12H17N3O3S/c1-2-4-15-7-10(6-14-15)11(16)12(8-13)3-5-19(17,18)9-12/h6-7,11,16H,2-5,9H2,1H3.